The zero-order valence-electron chi connectivity index (χ0n) is 3.01. The van der Waals surface area contributed by atoms with Crippen LogP contribution in [0.3, 0.4) is 0 Å². The molecule has 2 N–H and O–H groups in total. The van der Waals surface area contributed by atoms with E-state index in [1.54, 1.807) is 0 Å². The third-order valence-corrected chi connectivity index (χ3v) is 0. The van der Waals surface area contributed by atoms with Gasteiger partial charge >= 0.3 is 0 Å². The molecule has 2 nitrogen and oxygen atoms in total. The predicted molar refractivity (Wildman–Crippen MR) is 27.7 cm³/mol. The summed E-state index contributed by atoms with van der Waals surface area (Å²) in [5, 5.41) is 0. The Morgan fingerprint density at radius 1 is 1.43 bits per heavy atom. The van der Waals surface area contributed by atoms with Gasteiger partial charge in [0.25, 0.3) is 0 Å². The molecule has 0 aliphatic heterocycles. The molecule has 0 aliphatic carbocycles. The van der Waals surface area contributed by atoms with Crippen LogP contribution in [-0.2, 0) is 53.9 Å². The first-order valence-corrected chi connectivity index (χ1v) is 4.64. The molecule has 0 aromatic heterocycles. The Labute approximate surface area is 80.9 Å². The quantitative estimate of drug-likeness (QED) is 0.302. The van der Waals surface area contributed by atoms with Gasteiger partial charge in [-0.15, -0.1) is 0 Å². The van der Waals surface area contributed by atoms with E-state index in [4.69, 9.17) is 9.79 Å². The van der Waals surface area contributed by atoms with Gasteiger partial charge in [0, 0.05) is 42.1 Å². The number of rotatable bonds is 0. The van der Waals surface area contributed by atoms with Crippen molar-refractivity contribution in [2.45, 2.75) is 0 Å². The minimum Gasteiger partial charge on any atom is -0.338 e. The molecule has 7 heteroatoms. The van der Waals surface area contributed by atoms with Crippen LogP contribution in [0.15, 0.2) is 0 Å². The van der Waals surface area contributed by atoms with Gasteiger partial charge in [-0.25, -0.2) is 0 Å². The minimum absolute atomic E-state index is 0. The summed E-state index contributed by atoms with van der Waals surface area (Å²) < 4.78 is 0. The van der Waals surface area contributed by atoms with E-state index in [1.807, 2.05) is 0 Å². The fourth-order valence-corrected chi connectivity index (χ4v) is 0. The number of hydrogen-bond acceptors (Lipinski definition) is 1. The second-order valence-electron chi connectivity index (χ2n) is 0.513. The van der Waals surface area contributed by atoms with Crippen LogP contribution in [0.4, 0.5) is 0 Å². The molecule has 0 unspecified atom stereocenters. The van der Waals surface area contributed by atoms with Crippen molar-refractivity contribution in [3.8, 4) is 0 Å². The second kappa shape index (κ2) is 6.42. The zero-order valence-corrected chi connectivity index (χ0v) is 10.6. The Bertz CT molecular complexity index is 61.8. The summed E-state index contributed by atoms with van der Waals surface area (Å²) in [4.78, 5) is 15.7. The normalized spacial score (nSPS) is 8.43. The summed E-state index contributed by atoms with van der Waals surface area (Å²) in [6, 6.07) is 0. The van der Waals surface area contributed by atoms with Crippen molar-refractivity contribution in [2.24, 2.45) is 0 Å². The van der Waals surface area contributed by atoms with Gasteiger partial charge in [-0.3, -0.25) is 0 Å². The van der Waals surface area contributed by atoms with E-state index in [0.29, 0.717) is 0 Å². The van der Waals surface area contributed by atoms with Gasteiger partial charge in [0.05, 0.1) is 0 Å². The van der Waals surface area contributed by atoms with Crippen LogP contribution in [0.2, 0.25) is 0 Å². The molecule has 7 heavy (non-hydrogen) atoms. The largest absolute Gasteiger partial charge is 0.338 e. The standard InChI is InChI=1S/Mo.H3O2PS2.W/c;1-3(2,4)5;/h;(H3,1,2,4,5);. The summed E-state index contributed by atoms with van der Waals surface area (Å²) in [6.07, 6.45) is 0. The van der Waals surface area contributed by atoms with E-state index in [1.165, 1.54) is 0 Å². The van der Waals surface area contributed by atoms with Crippen LogP contribution in [0.25, 0.3) is 0 Å². The van der Waals surface area contributed by atoms with Crippen LogP contribution in [0.5, 0.6) is 0 Å². The molecule has 0 atom stereocenters. The topological polar surface area (TPSA) is 40.5 Å². The molecular formula is H3MoO2PS2W. The average molecular weight is 410 g/mol. The molecule has 0 aromatic carbocycles. The smallest absolute Gasteiger partial charge is 0.239 e. The zero-order chi connectivity index (χ0) is 4.50. The average Bonchev–Trinajstić information content (AvgIpc) is 0.722. The molecule has 0 amide bonds. The van der Waals surface area contributed by atoms with Crippen LogP contribution < -0.4 is 0 Å². The van der Waals surface area contributed by atoms with Gasteiger partial charge in [-0.1, -0.05) is 12.2 Å². The molecule has 44 valence electrons. The van der Waals surface area contributed by atoms with E-state index in [-0.39, 0.29) is 42.1 Å². The molecular weight excluding hydrogens is 407 g/mol. The van der Waals surface area contributed by atoms with Crippen LogP contribution in [0, 0.1) is 0 Å². The molecule has 0 aliphatic rings. The van der Waals surface area contributed by atoms with E-state index in [0.717, 1.165) is 0 Å². The van der Waals surface area contributed by atoms with E-state index < -0.39 is 5.69 Å². The van der Waals surface area contributed by atoms with Crippen molar-refractivity contribution in [3.63, 3.8) is 0 Å². The molecule has 0 heterocycles. The Morgan fingerprint density at radius 2 is 1.43 bits per heavy atom. The van der Waals surface area contributed by atoms with E-state index >= 15 is 0 Å². The van der Waals surface area contributed by atoms with Gasteiger partial charge in [0.2, 0.25) is 5.69 Å². The summed E-state index contributed by atoms with van der Waals surface area (Å²) >= 11 is 7.07. The number of hydrogen-bond donors (Lipinski definition) is 3. The predicted octanol–water partition coefficient (Wildman–Crippen LogP) is 0.120. The Hall–Kier alpha value is 2.30. The van der Waals surface area contributed by atoms with Crippen molar-refractivity contribution < 1.29 is 51.9 Å². The summed E-state index contributed by atoms with van der Waals surface area (Å²) in [6.45, 7) is 0. The van der Waals surface area contributed by atoms with Gasteiger partial charge in [-0.05, 0) is 11.8 Å². The molecule has 0 saturated heterocycles. The minimum atomic E-state index is -3.11. The summed E-state index contributed by atoms with van der Waals surface area (Å²) in [7, 11) is 0. The Balaban J connectivity index is -0.0000000800. The fraction of sp³-hybridized carbons (Fsp3) is 0. The van der Waals surface area contributed by atoms with Gasteiger partial charge in [0.1, 0.15) is 0 Å². The molecule has 0 radical (unpaired) electrons. The molecule has 0 fully saturated rings. The van der Waals surface area contributed by atoms with Crippen LogP contribution >= 0.6 is 17.9 Å². The first kappa shape index (κ1) is 16.1. The summed E-state index contributed by atoms with van der Waals surface area (Å²) in [5.74, 6) is 0. The van der Waals surface area contributed by atoms with Gasteiger partial charge < -0.3 is 9.79 Å². The molecule has 0 saturated carbocycles. The maximum absolute atomic E-state index is 7.87. The first-order chi connectivity index (χ1) is 2.00. The van der Waals surface area contributed by atoms with Crippen molar-refractivity contribution >= 4 is 29.7 Å². The maximum atomic E-state index is 7.87. The van der Waals surface area contributed by atoms with Crippen LogP contribution in [0.1, 0.15) is 0 Å². The molecule has 0 aromatic rings. The van der Waals surface area contributed by atoms with Crippen molar-refractivity contribution in [2.75, 3.05) is 0 Å². The summed E-state index contributed by atoms with van der Waals surface area (Å²) in [5.41, 5.74) is -3.11. The van der Waals surface area contributed by atoms with Crippen molar-refractivity contribution in [1.29, 1.82) is 0 Å². The van der Waals surface area contributed by atoms with Gasteiger partial charge in [-0.2, -0.15) is 0 Å². The van der Waals surface area contributed by atoms with E-state index in [2.05, 4.69) is 24.1 Å². The third-order valence-electron chi connectivity index (χ3n) is 0. The second-order valence-corrected chi connectivity index (χ2v) is 5.55. The monoisotopic (exact) mass is 412 g/mol. The fourth-order valence-electron chi connectivity index (χ4n) is 0. The third kappa shape index (κ3) is 62.4. The van der Waals surface area contributed by atoms with E-state index in [9.17, 15) is 0 Å². The maximum Gasteiger partial charge on any atom is 0.239 e. The van der Waals surface area contributed by atoms with Crippen molar-refractivity contribution in [1.82, 2.24) is 0 Å². The molecule has 0 rings (SSSR count). The van der Waals surface area contributed by atoms with Gasteiger partial charge in [0.15, 0.2) is 0 Å². The number of thiol groups is 1. The molecule has 0 spiro atoms. The first-order valence-electron chi connectivity index (χ1n) is 0.783. The van der Waals surface area contributed by atoms with Crippen molar-refractivity contribution in [3.05, 3.63) is 0 Å². The Kier molecular flexibility index (Phi) is 14.8. The molecule has 0 bridgehead atoms. The Morgan fingerprint density at radius 3 is 1.43 bits per heavy atom. The van der Waals surface area contributed by atoms with Crippen LogP contribution in [-0.4, -0.2) is 9.79 Å². The SMILES string of the molecule is OP(O)(=S)S.[Mo].[W].